The van der Waals surface area contributed by atoms with E-state index in [2.05, 4.69) is 10.6 Å². The third-order valence-electron chi connectivity index (χ3n) is 2.81. The van der Waals surface area contributed by atoms with Gasteiger partial charge in [-0.3, -0.25) is 4.79 Å². The van der Waals surface area contributed by atoms with Crippen molar-refractivity contribution in [2.24, 2.45) is 0 Å². The maximum Gasteiger partial charge on any atom is 0.416 e. The molecule has 112 valence electrons. The predicted octanol–water partition coefficient (Wildman–Crippen LogP) is 3.23. The second-order valence-electron chi connectivity index (χ2n) is 4.26. The van der Waals surface area contributed by atoms with Crippen LogP contribution in [-0.4, -0.2) is 31.0 Å². The van der Waals surface area contributed by atoms with Gasteiger partial charge in [0.05, 0.1) is 11.1 Å². The highest BCUT2D eigenvalue weighted by Crippen LogP contribution is 2.31. The van der Waals surface area contributed by atoms with Crippen molar-refractivity contribution in [3.63, 3.8) is 0 Å². The Balaban J connectivity index is 2.99. The number of alkyl halides is 3. The summed E-state index contributed by atoms with van der Waals surface area (Å²) in [5.41, 5.74) is -0.470. The number of carbonyl (C=O) groups excluding carboxylic acids is 1. The van der Waals surface area contributed by atoms with Gasteiger partial charge in [-0.15, -0.1) is 0 Å². The van der Waals surface area contributed by atoms with Gasteiger partial charge >= 0.3 is 6.18 Å². The Morgan fingerprint density at radius 3 is 2.55 bits per heavy atom. The lowest BCUT2D eigenvalue weighted by Gasteiger charge is -2.14. The molecule has 0 spiro atoms. The summed E-state index contributed by atoms with van der Waals surface area (Å²) in [6, 6.07) is 3.08. The largest absolute Gasteiger partial charge is 0.416 e. The minimum atomic E-state index is -4.46. The van der Waals surface area contributed by atoms with E-state index < -0.39 is 17.6 Å². The summed E-state index contributed by atoms with van der Waals surface area (Å²) in [7, 11) is 1.56. The lowest BCUT2D eigenvalue weighted by Crippen LogP contribution is -2.30. The first-order valence-electron chi connectivity index (χ1n) is 5.99. The third kappa shape index (κ3) is 4.33. The molecule has 0 saturated heterocycles. The molecule has 0 aliphatic rings. The van der Waals surface area contributed by atoms with E-state index in [0.717, 1.165) is 12.1 Å². The molecule has 3 nitrogen and oxygen atoms in total. The molecule has 0 saturated carbocycles. The molecule has 7 heteroatoms. The Bertz CT molecular complexity index is 477. The number of nitrogens with one attached hydrogen (secondary N) is 2. The van der Waals surface area contributed by atoms with Crippen LogP contribution in [0.2, 0.25) is 0 Å². The number of hydrogen-bond acceptors (Lipinski definition) is 3. The van der Waals surface area contributed by atoms with Crippen molar-refractivity contribution >= 4 is 23.4 Å². The summed E-state index contributed by atoms with van der Waals surface area (Å²) in [6.07, 6.45) is -2.56. The average Bonchev–Trinajstić information content (AvgIpc) is 2.42. The minimum absolute atomic E-state index is 0.00405. The molecule has 20 heavy (non-hydrogen) atoms. The van der Waals surface area contributed by atoms with Crippen LogP contribution in [0.25, 0.3) is 0 Å². The van der Waals surface area contributed by atoms with Gasteiger partial charge in [-0.05, 0) is 24.5 Å². The summed E-state index contributed by atoms with van der Waals surface area (Å²) < 4.78 is 38.0. The molecule has 1 atom stereocenters. The highest BCUT2D eigenvalue weighted by molar-refractivity contribution is 7.99. The quantitative estimate of drug-likeness (QED) is 0.877. The molecule has 1 aromatic carbocycles. The lowest BCUT2D eigenvalue weighted by atomic mass is 10.1. The number of benzene rings is 1. The summed E-state index contributed by atoms with van der Waals surface area (Å²) in [6.45, 7) is 2.33. The molecule has 0 heterocycles. The smallest absolute Gasteiger partial charge is 0.387 e. The summed E-state index contributed by atoms with van der Waals surface area (Å²) in [4.78, 5) is 12.0. The second kappa shape index (κ2) is 6.88. The van der Waals surface area contributed by atoms with E-state index in [1.165, 1.54) is 6.07 Å². The van der Waals surface area contributed by atoms with E-state index in [1.807, 2.05) is 13.2 Å². The van der Waals surface area contributed by atoms with E-state index >= 15 is 0 Å². The van der Waals surface area contributed by atoms with Crippen molar-refractivity contribution < 1.29 is 18.0 Å². The number of carbonyl (C=O) groups is 1. The SMILES string of the molecule is CNc1ccc(C(F)(F)F)cc1C(=O)NCC(C)SC. The van der Waals surface area contributed by atoms with Gasteiger partial charge in [-0.1, -0.05) is 6.92 Å². The first-order valence-corrected chi connectivity index (χ1v) is 7.28. The highest BCUT2D eigenvalue weighted by Gasteiger charge is 2.31. The van der Waals surface area contributed by atoms with Crippen LogP contribution in [0, 0.1) is 0 Å². The molecule has 0 bridgehead atoms. The molecule has 2 N–H and O–H groups in total. The van der Waals surface area contributed by atoms with Crippen LogP contribution in [0.15, 0.2) is 18.2 Å². The van der Waals surface area contributed by atoms with Gasteiger partial charge in [0, 0.05) is 24.5 Å². The normalized spacial score (nSPS) is 12.9. The molecule has 0 radical (unpaired) electrons. The average molecular weight is 306 g/mol. The van der Waals surface area contributed by atoms with Gasteiger partial charge in [-0.2, -0.15) is 24.9 Å². The summed E-state index contributed by atoms with van der Waals surface area (Å²) in [5.74, 6) is -0.513. The van der Waals surface area contributed by atoms with Crippen molar-refractivity contribution in [1.29, 1.82) is 0 Å². The number of rotatable bonds is 5. The second-order valence-corrected chi connectivity index (χ2v) is 5.54. The van der Waals surface area contributed by atoms with Gasteiger partial charge in [0.15, 0.2) is 0 Å². The van der Waals surface area contributed by atoms with Crippen molar-refractivity contribution in [2.75, 3.05) is 25.2 Å². The monoisotopic (exact) mass is 306 g/mol. The van der Waals surface area contributed by atoms with Crippen LogP contribution in [-0.2, 0) is 6.18 Å². The van der Waals surface area contributed by atoms with Gasteiger partial charge in [0.2, 0.25) is 0 Å². The van der Waals surface area contributed by atoms with Crippen LogP contribution in [0.3, 0.4) is 0 Å². The van der Waals surface area contributed by atoms with Crippen molar-refractivity contribution in [3.8, 4) is 0 Å². The van der Waals surface area contributed by atoms with E-state index in [9.17, 15) is 18.0 Å². The van der Waals surface area contributed by atoms with Crippen LogP contribution >= 0.6 is 11.8 Å². The number of halogens is 3. The fourth-order valence-electron chi connectivity index (χ4n) is 1.54. The Labute approximate surface area is 120 Å². The molecule has 0 aliphatic carbocycles. The first kappa shape index (κ1) is 16.7. The fraction of sp³-hybridized carbons (Fsp3) is 0.462. The number of thioether (sulfide) groups is 1. The lowest BCUT2D eigenvalue weighted by molar-refractivity contribution is -0.137. The Hall–Kier alpha value is -1.37. The Morgan fingerprint density at radius 2 is 2.05 bits per heavy atom. The topological polar surface area (TPSA) is 41.1 Å². The van der Waals surface area contributed by atoms with Crippen LogP contribution < -0.4 is 10.6 Å². The molecule has 1 unspecified atom stereocenters. The van der Waals surface area contributed by atoms with E-state index in [1.54, 1.807) is 18.8 Å². The van der Waals surface area contributed by atoms with Gasteiger partial charge in [0.25, 0.3) is 5.91 Å². The van der Waals surface area contributed by atoms with Gasteiger partial charge in [0.1, 0.15) is 0 Å². The molecule has 1 rings (SSSR count). The highest BCUT2D eigenvalue weighted by atomic mass is 32.2. The molecule has 0 aromatic heterocycles. The maximum atomic E-state index is 12.7. The zero-order valence-corrected chi connectivity index (χ0v) is 12.3. The number of hydrogen-bond donors (Lipinski definition) is 2. The maximum absolute atomic E-state index is 12.7. The number of amides is 1. The van der Waals surface area contributed by atoms with Crippen molar-refractivity contribution in [1.82, 2.24) is 5.32 Å². The van der Waals surface area contributed by atoms with Crippen LogP contribution in [0.1, 0.15) is 22.8 Å². The zero-order valence-electron chi connectivity index (χ0n) is 11.5. The molecule has 1 amide bonds. The molecule has 0 aliphatic heterocycles. The third-order valence-corrected chi connectivity index (χ3v) is 3.78. The molecular formula is C13H17F3N2OS. The number of anilines is 1. The molecule has 0 fully saturated rings. The van der Waals surface area contributed by atoms with Gasteiger partial charge in [-0.25, -0.2) is 0 Å². The summed E-state index contributed by atoms with van der Waals surface area (Å²) >= 11 is 1.57. The van der Waals surface area contributed by atoms with E-state index in [0.29, 0.717) is 12.2 Å². The zero-order chi connectivity index (χ0) is 15.3. The first-order chi connectivity index (χ1) is 9.29. The summed E-state index contributed by atoms with van der Waals surface area (Å²) in [5, 5.41) is 5.56. The standard InChI is InChI=1S/C13H17F3N2OS/c1-8(20-3)7-18-12(19)10-6-9(13(14,15)16)4-5-11(10)17-2/h4-6,8,17H,7H2,1-3H3,(H,18,19). The molecular weight excluding hydrogens is 289 g/mol. The van der Waals surface area contributed by atoms with E-state index in [4.69, 9.17) is 0 Å². The minimum Gasteiger partial charge on any atom is -0.387 e. The van der Waals surface area contributed by atoms with Crippen molar-refractivity contribution in [2.45, 2.75) is 18.3 Å². The predicted molar refractivity (Wildman–Crippen MR) is 76.3 cm³/mol. The fourth-order valence-corrected chi connectivity index (χ4v) is 1.79. The van der Waals surface area contributed by atoms with E-state index in [-0.39, 0.29) is 10.8 Å². The van der Waals surface area contributed by atoms with Crippen LogP contribution in [0.5, 0.6) is 0 Å². The molecule has 1 aromatic rings. The van der Waals surface area contributed by atoms with Crippen molar-refractivity contribution in [3.05, 3.63) is 29.3 Å². The Morgan fingerprint density at radius 1 is 1.40 bits per heavy atom. The van der Waals surface area contributed by atoms with Crippen LogP contribution in [0.4, 0.5) is 18.9 Å². The van der Waals surface area contributed by atoms with Gasteiger partial charge < -0.3 is 10.6 Å². The Kier molecular flexibility index (Phi) is 5.74.